The quantitative estimate of drug-likeness (QED) is 0.694. The first-order valence-corrected chi connectivity index (χ1v) is 5.40. The number of anilines is 1. The number of aromatic nitrogens is 2. The minimum absolute atomic E-state index is 0.580. The minimum atomic E-state index is 0.580. The summed E-state index contributed by atoms with van der Waals surface area (Å²) in [4.78, 5) is 4.61. The van der Waals surface area contributed by atoms with E-state index in [1.807, 2.05) is 0 Å². The van der Waals surface area contributed by atoms with Gasteiger partial charge in [-0.05, 0) is 25.7 Å². The maximum absolute atomic E-state index is 5.95. The summed E-state index contributed by atoms with van der Waals surface area (Å²) in [7, 11) is 0. The van der Waals surface area contributed by atoms with Crippen LogP contribution in [0.25, 0.3) is 0 Å². The van der Waals surface area contributed by atoms with Gasteiger partial charge in [-0.2, -0.15) is 0 Å². The van der Waals surface area contributed by atoms with Crippen molar-refractivity contribution in [1.29, 1.82) is 0 Å². The van der Waals surface area contributed by atoms with Crippen LogP contribution in [-0.4, -0.2) is 9.66 Å². The highest BCUT2D eigenvalue weighted by Gasteiger charge is 2.33. The number of rotatable bonds is 2. The van der Waals surface area contributed by atoms with E-state index >= 15 is 0 Å². The molecule has 0 spiro atoms. The fourth-order valence-electron chi connectivity index (χ4n) is 2.09. The Balaban J connectivity index is 1.98. The molecule has 1 aromatic heterocycles. The Morgan fingerprint density at radius 1 is 1.14 bits per heavy atom. The van der Waals surface area contributed by atoms with E-state index in [0.29, 0.717) is 17.7 Å². The normalized spacial score (nSPS) is 22.3. The molecule has 2 saturated carbocycles. The first kappa shape index (κ1) is 8.15. The Labute approximate surface area is 83.3 Å². The maximum atomic E-state index is 5.95. The van der Waals surface area contributed by atoms with Crippen molar-refractivity contribution >= 4 is 5.82 Å². The molecule has 0 aliphatic heterocycles. The zero-order valence-electron chi connectivity index (χ0n) is 8.24. The standard InChI is InChI=1S/C10H16N4/c11-9-8(6-2-1-3-6)13-10(14(9)12)7-4-5-7/h6-7H,1-5,11-12H2. The van der Waals surface area contributed by atoms with E-state index in [1.54, 1.807) is 4.68 Å². The molecule has 3 rings (SSSR count). The molecule has 0 aromatic carbocycles. The van der Waals surface area contributed by atoms with Crippen LogP contribution in [0.2, 0.25) is 0 Å². The SMILES string of the molecule is Nc1c(C2CCC2)nc(C2CC2)n1N. The lowest BCUT2D eigenvalue weighted by atomic mass is 9.83. The van der Waals surface area contributed by atoms with Crippen LogP contribution in [-0.2, 0) is 0 Å². The Morgan fingerprint density at radius 3 is 2.36 bits per heavy atom. The first-order chi connectivity index (χ1) is 6.77. The van der Waals surface area contributed by atoms with Gasteiger partial charge < -0.3 is 11.6 Å². The molecule has 1 aromatic rings. The zero-order valence-corrected chi connectivity index (χ0v) is 8.24. The molecule has 0 amide bonds. The number of hydrogen-bond donors (Lipinski definition) is 2. The van der Waals surface area contributed by atoms with Crippen molar-refractivity contribution in [3.05, 3.63) is 11.5 Å². The molecule has 1 heterocycles. The molecule has 4 heteroatoms. The maximum Gasteiger partial charge on any atom is 0.146 e. The molecule has 0 bridgehead atoms. The third-order valence-electron chi connectivity index (χ3n) is 3.44. The fraction of sp³-hybridized carbons (Fsp3) is 0.700. The highest BCUT2D eigenvalue weighted by molar-refractivity contribution is 5.42. The van der Waals surface area contributed by atoms with Gasteiger partial charge in [0.1, 0.15) is 11.6 Å². The van der Waals surface area contributed by atoms with Crippen molar-refractivity contribution < 1.29 is 0 Å². The van der Waals surface area contributed by atoms with Crippen molar-refractivity contribution in [2.24, 2.45) is 0 Å². The van der Waals surface area contributed by atoms with Gasteiger partial charge >= 0.3 is 0 Å². The predicted molar refractivity (Wildman–Crippen MR) is 55.4 cm³/mol. The van der Waals surface area contributed by atoms with E-state index in [2.05, 4.69) is 4.98 Å². The van der Waals surface area contributed by atoms with Crippen molar-refractivity contribution in [3.63, 3.8) is 0 Å². The Bertz CT molecular complexity index is 360. The summed E-state index contributed by atoms with van der Waals surface area (Å²) in [5.41, 5.74) is 7.01. The zero-order chi connectivity index (χ0) is 9.71. The number of nitrogens with two attached hydrogens (primary N) is 2. The Kier molecular flexibility index (Phi) is 1.54. The molecule has 0 unspecified atom stereocenters. The van der Waals surface area contributed by atoms with Gasteiger partial charge in [-0.15, -0.1) is 0 Å². The lowest BCUT2D eigenvalue weighted by Gasteiger charge is -2.23. The largest absolute Gasteiger partial charge is 0.382 e. The van der Waals surface area contributed by atoms with Crippen LogP contribution >= 0.6 is 0 Å². The van der Waals surface area contributed by atoms with E-state index in [0.717, 1.165) is 11.5 Å². The topological polar surface area (TPSA) is 69.9 Å². The van der Waals surface area contributed by atoms with E-state index < -0.39 is 0 Å². The summed E-state index contributed by atoms with van der Waals surface area (Å²) in [6, 6.07) is 0. The Hall–Kier alpha value is -1.19. The summed E-state index contributed by atoms with van der Waals surface area (Å²) >= 11 is 0. The predicted octanol–water partition coefficient (Wildman–Crippen LogP) is 1.32. The third kappa shape index (κ3) is 1.03. The molecule has 0 atom stereocenters. The van der Waals surface area contributed by atoms with Crippen LogP contribution in [0.1, 0.15) is 55.5 Å². The van der Waals surface area contributed by atoms with Gasteiger partial charge in [0, 0.05) is 11.8 Å². The monoisotopic (exact) mass is 192 g/mol. The highest BCUT2D eigenvalue weighted by atomic mass is 15.4. The molecule has 2 aliphatic carbocycles. The lowest BCUT2D eigenvalue weighted by molar-refractivity contribution is 0.413. The van der Waals surface area contributed by atoms with Crippen LogP contribution in [0.4, 0.5) is 5.82 Å². The number of hydrogen-bond acceptors (Lipinski definition) is 3. The molecule has 2 aliphatic rings. The molecular formula is C10H16N4. The smallest absolute Gasteiger partial charge is 0.146 e. The number of imidazole rings is 1. The lowest BCUT2D eigenvalue weighted by Crippen LogP contribution is -2.16. The second-order valence-electron chi connectivity index (χ2n) is 4.51. The first-order valence-electron chi connectivity index (χ1n) is 5.40. The van der Waals surface area contributed by atoms with Gasteiger partial charge in [-0.1, -0.05) is 6.42 Å². The van der Waals surface area contributed by atoms with Gasteiger partial charge in [0.2, 0.25) is 0 Å². The summed E-state index contributed by atoms with van der Waals surface area (Å²) in [6.45, 7) is 0. The molecule has 0 radical (unpaired) electrons. The van der Waals surface area contributed by atoms with Crippen LogP contribution in [0.15, 0.2) is 0 Å². The highest BCUT2D eigenvalue weighted by Crippen LogP contribution is 2.43. The van der Waals surface area contributed by atoms with Gasteiger partial charge in [-0.25, -0.2) is 9.66 Å². The molecule has 76 valence electrons. The van der Waals surface area contributed by atoms with Crippen molar-refractivity contribution in [3.8, 4) is 0 Å². The fourth-order valence-corrected chi connectivity index (χ4v) is 2.09. The van der Waals surface area contributed by atoms with Crippen LogP contribution in [0.3, 0.4) is 0 Å². The number of nitrogen functional groups attached to an aromatic ring is 2. The second kappa shape index (κ2) is 2.65. The van der Waals surface area contributed by atoms with Gasteiger partial charge in [0.05, 0.1) is 5.69 Å². The second-order valence-corrected chi connectivity index (χ2v) is 4.51. The van der Waals surface area contributed by atoms with Crippen molar-refractivity contribution in [2.75, 3.05) is 11.6 Å². The molecule has 4 nitrogen and oxygen atoms in total. The van der Waals surface area contributed by atoms with Gasteiger partial charge in [0.25, 0.3) is 0 Å². The molecular weight excluding hydrogens is 176 g/mol. The average Bonchev–Trinajstić information content (AvgIpc) is 2.86. The third-order valence-corrected chi connectivity index (χ3v) is 3.44. The summed E-state index contributed by atoms with van der Waals surface area (Å²) in [6.07, 6.45) is 6.20. The molecule has 4 N–H and O–H groups in total. The molecule has 2 fully saturated rings. The number of nitrogens with zero attached hydrogens (tertiary/aromatic N) is 2. The van der Waals surface area contributed by atoms with E-state index in [9.17, 15) is 0 Å². The van der Waals surface area contributed by atoms with Gasteiger partial charge in [0.15, 0.2) is 0 Å². The van der Waals surface area contributed by atoms with E-state index in [-0.39, 0.29) is 0 Å². The van der Waals surface area contributed by atoms with Crippen molar-refractivity contribution in [2.45, 2.75) is 43.9 Å². The van der Waals surface area contributed by atoms with Crippen LogP contribution < -0.4 is 11.6 Å². The van der Waals surface area contributed by atoms with E-state index in [1.165, 1.54) is 32.1 Å². The minimum Gasteiger partial charge on any atom is -0.382 e. The molecule has 14 heavy (non-hydrogen) atoms. The van der Waals surface area contributed by atoms with Crippen LogP contribution in [0, 0.1) is 0 Å². The average molecular weight is 192 g/mol. The summed E-state index contributed by atoms with van der Waals surface area (Å²) in [5.74, 6) is 8.75. The summed E-state index contributed by atoms with van der Waals surface area (Å²) in [5, 5.41) is 0. The molecule has 0 saturated heterocycles. The van der Waals surface area contributed by atoms with E-state index in [4.69, 9.17) is 11.6 Å². The Morgan fingerprint density at radius 2 is 1.86 bits per heavy atom. The van der Waals surface area contributed by atoms with Crippen molar-refractivity contribution in [1.82, 2.24) is 9.66 Å². The van der Waals surface area contributed by atoms with Crippen LogP contribution in [0.5, 0.6) is 0 Å². The summed E-state index contributed by atoms with van der Waals surface area (Å²) < 4.78 is 1.60. The van der Waals surface area contributed by atoms with Gasteiger partial charge in [-0.3, -0.25) is 0 Å².